The molecular weight excluding hydrogens is 238 g/mol. The Morgan fingerprint density at radius 2 is 1.95 bits per heavy atom. The predicted molar refractivity (Wildman–Crippen MR) is 81.6 cm³/mol. The highest BCUT2D eigenvalue weighted by atomic mass is 16.5. The van der Waals surface area contributed by atoms with Gasteiger partial charge in [-0.05, 0) is 19.3 Å². The topological polar surface area (TPSA) is 45.7 Å². The minimum absolute atomic E-state index is 0.276. The molecule has 0 aliphatic carbocycles. The number of nitrogens with one attached hydrogen (secondary N) is 2. The van der Waals surface area contributed by atoms with Crippen LogP contribution in [0.1, 0.15) is 47.0 Å². The Hall–Kier alpha value is -0.770. The van der Waals surface area contributed by atoms with Gasteiger partial charge in [0.15, 0.2) is 5.96 Å². The van der Waals surface area contributed by atoms with Gasteiger partial charge in [0.25, 0.3) is 0 Å². The lowest BCUT2D eigenvalue weighted by Crippen LogP contribution is -2.52. The fraction of sp³-hybridized carbons (Fsp3) is 0.933. The third-order valence-electron chi connectivity index (χ3n) is 3.61. The molecule has 1 unspecified atom stereocenters. The van der Waals surface area contributed by atoms with Crippen LogP contribution in [0.5, 0.6) is 0 Å². The van der Waals surface area contributed by atoms with Crippen LogP contribution in [-0.4, -0.2) is 38.8 Å². The van der Waals surface area contributed by atoms with Crippen molar-refractivity contribution in [1.82, 2.24) is 10.6 Å². The molecule has 1 saturated heterocycles. The molecule has 0 saturated carbocycles. The van der Waals surface area contributed by atoms with Gasteiger partial charge in [-0.2, -0.15) is 0 Å². The number of hydrogen-bond acceptors (Lipinski definition) is 2. The van der Waals surface area contributed by atoms with E-state index in [-0.39, 0.29) is 5.41 Å². The molecule has 1 heterocycles. The van der Waals surface area contributed by atoms with Gasteiger partial charge in [0.05, 0.1) is 13.2 Å². The average Bonchev–Trinajstić information content (AvgIpc) is 2.31. The average molecular weight is 269 g/mol. The fourth-order valence-electron chi connectivity index (χ4n) is 2.18. The van der Waals surface area contributed by atoms with Crippen LogP contribution in [0.15, 0.2) is 4.99 Å². The molecule has 0 aromatic heterocycles. The van der Waals surface area contributed by atoms with E-state index in [1.165, 1.54) is 19.3 Å². The minimum atomic E-state index is 0.276. The van der Waals surface area contributed by atoms with Crippen molar-refractivity contribution in [3.63, 3.8) is 0 Å². The van der Waals surface area contributed by atoms with Crippen LogP contribution in [0.25, 0.3) is 0 Å². The van der Waals surface area contributed by atoms with E-state index in [2.05, 4.69) is 43.3 Å². The molecule has 2 N–H and O–H groups in total. The maximum Gasteiger partial charge on any atom is 0.191 e. The Labute approximate surface area is 118 Å². The van der Waals surface area contributed by atoms with Crippen molar-refractivity contribution in [3.8, 4) is 0 Å². The quantitative estimate of drug-likeness (QED) is 0.551. The summed E-state index contributed by atoms with van der Waals surface area (Å²) in [5.41, 5.74) is 0.276. The van der Waals surface area contributed by atoms with Gasteiger partial charge < -0.3 is 15.4 Å². The van der Waals surface area contributed by atoms with Crippen LogP contribution in [0.4, 0.5) is 0 Å². The second-order valence-corrected chi connectivity index (χ2v) is 6.60. The zero-order valence-corrected chi connectivity index (χ0v) is 13.3. The van der Waals surface area contributed by atoms with E-state index in [0.717, 1.165) is 31.6 Å². The van der Waals surface area contributed by atoms with Crippen molar-refractivity contribution in [3.05, 3.63) is 0 Å². The van der Waals surface area contributed by atoms with Gasteiger partial charge in [-0.25, -0.2) is 0 Å². The normalized spacial score (nSPS) is 20.0. The molecule has 0 radical (unpaired) electrons. The monoisotopic (exact) mass is 269 g/mol. The Balaban J connectivity index is 2.20. The van der Waals surface area contributed by atoms with Crippen LogP contribution >= 0.6 is 0 Å². The van der Waals surface area contributed by atoms with Crippen LogP contribution in [0.2, 0.25) is 0 Å². The van der Waals surface area contributed by atoms with E-state index in [4.69, 9.17) is 4.74 Å². The molecule has 0 aromatic carbocycles. The maximum atomic E-state index is 5.26. The highest BCUT2D eigenvalue weighted by Crippen LogP contribution is 2.24. The van der Waals surface area contributed by atoms with Gasteiger partial charge in [-0.1, -0.05) is 33.6 Å². The van der Waals surface area contributed by atoms with Gasteiger partial charge >= 0.3 is 0 Å². The number of ether oxygens (including phenoxy) is 1. The molecule has 1 fully saturated rings. The van der Waals surface area contributed by atoms with Gasteiger partial charge in [-0.3, -0.25) is 4.99 Å². The van der Waals surface area contributed by atoms with E-state index in [1.807, 2.05) is 7.05 Å². The molecule has 0 amide bonds. The van der Waals surface area contributed by atoms with E-state index in [9.17, 15) is 0 Å². The summed E-state index contributed by atoms with van der Waals surface area (Å²) < 4.78 is 5.26. The van der Waals surface area contributed by atoms with Crippen LogP contribution in [0.3, 0.4) is 0 Å². The minimum Gasteiger partial charge on any atom is -0.380 e. The summed E-state index contributed by atoms with van der Waals surface area (Å²) in [6.45, 7) is 11.6. The highest BCUT2D eigenvalue weighted by molar-refractivity contribution is 5.79. The standard InChI is InChI=1S/C15H31N3O/c1-12(2)7-6-8-13(3)18-14(16-5)17-9-15(4)10-19-11-15/h12-13H,6-11H2,1-5H3,(H2,16,17,18). The van der Waals surface area contributed by atoms with Crippen molar-refractivity contribution in [2.24, 2.45) is 16.3 Å². The second kappa shape index (κ2) is 7.73. The molecule has 4 heteroatoms. The Kier molecular flexibility index (Phi) is 6.63. The molecule has 1 rings (SSSR count). The van der Waals surface area contributed by atoms with E-state index in [0.29, 0.717) is 6.04 Å². The number of guanidine groups is 1. The smallest absolute Gasteiger partial charge is 0.191 e. The second-order valence-electron chi connectivity index (χ2n) is 6.60. The van der Waals surface area contributed by atoms with Crippen molar-refractivity contribution in [2.75, 3.05) is 26.8 Å². The molecular formula is C15H31N3O. The number of rotatable bonds is 7. The molecule has 1 atom stereocenters. The van der Waals surface area contributed by atoms with E-state index in [1.54, 1.807) is 0 Å². The first-order valence-corrected chi connectivity index (χ1v) is 7.50. The first kappa shape index (κ1) is 16.3. The van der Waals surface area contributed by atoms with Gasteiger partial charge in [-0.15, -0.1) is 0 Å². The van der Waals surface area contributed by atoms with Crippen molar-refractivity contribution in [2.45, 2.75) is 53.0 Å². The molecule has 19 heavy (non-hydrogen) atoms. The molecule has 112 valence electrons. The van der Waals surface area contributed by atoms with Gasteiger partial charge in [0, 0.05) is 25.0 Å². The Bertz CT molecular complexity index is 285. The van der Waals surface area contributed by atoms with Crippen LogP contribution in [0, 0.1) is 11.3 Å². The van der Waals surface area contributed by atoms with E-state index >= 15 is 0 Å². The lowest BCUT2D eigenvalue weighted by Gasteiger charge is -2.38. The molecule has 0 aromatic rings. The highest BCUT2D eigenvalue weighted by Gasteiger charge is 2.33. The first-order valence-electron chi connectivity index (χ1n) is 7.50. The van der Waals surface area contributed by atoms with Crippen molar-refractivity contribution < 1.29 is 4.74 Å². The largest absolute Gasteiger partial charge is 0.380 e. The summed E-state index contributed by atoms with van der Waals surface area (Å²) in [7, 11) is 1.83. The number of aliphatic imine (C=N–C) groups is 1. The lowest BCUT2D eigenvalue weighted by atomic mass is 9.89. The fourth-order valence-corrected chi connectivity index (χ4v) is 2.18. The Morgan fingerprint density at radius 3 is 2.42 bits per heavy atom. The third kappa shape index (κ3) is 6.28. The van der Waals surface area contributed by atoms with Crippen LogP contribution in [-0.2, 0) is 4.74 Å². The van der Waals surface area contributed by atoms with Gasteiger partial charge in [0.1, 0.15) is 0 Å². The van der Waals surface area contributed by atoms with Crippen molar-refractivity contribution >= 4 is 5.96 Å². The maximum absolute atomic E-state index is 5.26. The lowest BCUT2D eigenvalue weighted by molar-refractivity contribution is -0.0971. The van der Waals surface area contributed by atoms with E-state index < -0.39 is 0 Å². The summed E-state index contributed by atoms with van der Waals surface area (Å²) in [5, 5.41) is 6.86. The molecule has 4 nitrogen and oxygen atoms in total. The first-order chi connectivity index (χ1) is 8.95. The zero-order valence-electron chi connectivity index (χ0n) is 13.3. The predicted octanol–water partition coefficient (Wildman–Crippen LogP) is 2.40. The molecule has 0 bridgehead atoms. The summed E-state index contributed by atoms with van der Waals surface area (Å²) in [5.74, 6) is 1.70. The third-order valence-corrected chi connectivity index (χ3v) is 3.61. The Morgan fingerprint density at radius 1 is 1.26 bits per heavy atom. The summed E-state index contributed by atoms with van der Waals surface area (Å²) in [6.07, 6.45) is 3.76. The number of hydrogen-bond donors (Lipinski definition) is 2. The SMILES string of the molecule is CN=C(NCC1(C)COC1)NC(C)CCCC(C)C. The zero-order chi connectivity index (χ0) is 14.3. The summed E-state index contributed by atoms with van der Waals surface area (Å²) in [6, 6.07) is 0.468. The molecule has 1 aliphatic rings. The van der Waals surface area contributed by atoms with Gasteiger partial charge in [0.2, 0.25) is 0 Å². The molecule has 1 aliphatic heterocycles. The van der Waals surface area contributed by atoms with Crippen LogP contribution < -0.4 is 10.6 Å². The van der Waals surface area contributed by atoms with Crippen molar-refractivity contribution in [1.29, 1.82) is 0 Å². The molecule has 0 spiro atoms. The number of nitrogens with zero attached hydrogens (tertiary/aromatic N) is 1. The summed E-state index contributed by atoms with van der Waals surface area (Å²) >= 11 is 0. The summed E-state index contributed by atoms with van der Waals surface area (Å²) in [4.78, 5) is 4.29.